The van der Waals surface area contributed by atoms with E-state index in [0.717, 1.165) is 0 Å². The Hall–Kier alpha value is -1.13. The number of nitriles is 1. The molecule has 0 aromatic rings. The van der Waals surface area contributed by atoms with Crippen LogP contribution in [0.15, 0.2) is 4.99 Å². The van der Waals surface area contributed by atoms with E-state index in [-0.39, 0.29) is 0 Å². The molecule has 0 amide bonds. The van der Waals surface area contributed by atoms with Gasteiger partial charge in [0.1, 0.15) is 6.01 Å². The number of rotatable bonds is 0. The first-order valence-corrected chi connectivity index (χ1v) is 0.921. The third-order valence-corrected chi connectivity index (χ3v) is 0.106. The topological polar surface area (TPSA) is 60.0 Å². The van der Waals surface area contributed by atoms with Gasteiger partial charge in [-0.1, -0.05) is 0 Å². The molecule has 0 spiro atoms. The van der Waals surface area contributed by atoms with Gasteiger partial charge in [-0.25, -0.2) is 5.41 Å². The van der Waals surface area contributed by atoms with Crippen LogP contribution in [0.1, 0.15) is 0 Å². The maximum Gasteiger partial charge on any atom is 0.216 e. The lowest BCUT2D eigenvalue weighted by Gasteiger charge is -1.36. The summed E-state index contributed by atoms with van der Waals surface area (Å²) in [5.41, 5.74) is 0. The lowest BCUT2D eigenvalue weighted by atomic mass is 11.3. The molecule has 0 unspecified atom stereocenters. The van der Waals surface area contributed by atoms with Crippen LogP contribution in [0, 0.1) is 16.9 Å². The van der Waals surface area contributed by atoms with Crippen molar-refractivity contribution in [2.24, 2.45) is 4.99 Å². The molecule has 1 N–H and O–H groups in total. The van der Waals surface area contributed by atoms with Crippen LogP contribution >= 0.6 is 0 Å². The average molecular weight is 67.1 g/mol. The largest absolute Gasteiger partial charge is 0.241 e. The van der Waals surface area contributed by atoms with E-state index in [2.05, 4.69) is 4.99 Å². The Balaban J connectivity index is 3.46. The van der Waals surface area contributed by atoms with Crippen LogP contribution in [-0.2, 0) is 0 Å². The van der Waals surface area contributed by atoms with Gasteiger partial charge in [0.25, 0.3) is 0 Å². The molecule has 0 aromatic carbocycles. The predicted octanol–water partition coefficient (Wildman–Crippen LogP) is 0.220. The molecule has 0 rings (SSSR count). The maximum absolute atomic E-state index is 7.47. The van der Waals surface area contributed by atoms with Crippen molar-refractivity contribution < 1.29 is 0 Å². The van der Waals surface area contributed by atoms with Gasteiger partial charge in [-0.2, -0.15) is 5.26 Å². The second-order valence-corrected chi connectivity index (χ2v) is 0.324. The Morgan fingerprint density at radius 3 is 2.40 bits per heavy atom. The summed E-state index contributed by atoms with van der Waals surface area (Å²) < 4.78 is 0. The molecule has 3 heteroatoms. The average Bonchev–Trinajstić information content (AvgIpc) is 1.41. The molecule has 0 heterocycles. The molecule has 0 saturated heterocycles. The zero-order chi connectivity index (χ0) is 4.12. The Bertz CT molecular complexity index is 92.0. The molecule has 5 heavy (non-hydrogen) atoms. The monoisotopic (exact) mass is 67.0 g/mol. The molecule has 0 aliphatic rings. The Morgan fingerprint density at radius 1 is 1.80 bits per heavy atom. The fourth-order valence-electron chi connectivity index (χ4n) is 0.0250. The molecule has 0 fully saturated rings. The van der Waals surface area contributed by atoms with Gasteiger partial charge < -0.3 is 0 Å². The maximum atomic E-state index is 7.47. The highest BCUT2D eigenvalue weighted by Gasteiger charge is 1.41. The number of aliphatic imine (C=N–C) groups is 1. The first-order chi connectivity index (χ1) is 2.41. The zero-order valence-corrected chi connectivity index (χ0v) is 2.39. The molecule has 0 atom stereocenters. The van der Waals surface area contributed by atoms with Crippen molar-refractivity contribution in [2.75, 3.05) is 0 Å². The third-order valence-electron chi connectivity index (χ3n) is 0.106. The SMILES string of the molecule is N#CN=C=N. The van der Waals surface area contributed by atoms with Gasteiger partial charge in [0.15, 0.2) is 0 Å². The molecule has 0 saturated carbocycles. The van der Waals surface area contributed by atoms with E-state index < -0.39 is 0 Å². The van der Waals surface area contributed by atoms with Gasteiger partial charge >= 0.3 is 0 Å². The third kappa shape index (κ3) is 2.87. The predicted molar refractivity (Wildman–Crippen MR) is 15.8 cm³/mol. The Labute approximate surface area is 29.1 Å². The van der Waals surface area contributed by atoms with Crippen LogP contribution in [0.4, 0.5) is 0 Å². The first kappa shape index (κ1) is 3.87. The van der Waals surface area contributed by atoms with Crippen LogP contribution < -0.4 is 0 Å². The van der Waals surface area contributed by atoms with Gasteiger partial charge in [-0.05, 0) is 0 Å². The molecule has 3 nitrogen and oxygen atoms in total. The zero-order valence-electron chi connectivity index (χ0n) is 2.39. The minimum atomic E-state index is 1.34. The summed E-state index contributed by atoms with van der Waals surface area (Å²) in [6, 6.07) is 1.53. The van der Waals surface area contributed by atoms with E-state index in [1.807, 2.05) is 0 Å². The van der Waals surface area contributed by atoms with Crippen LogP contribution in [0.3, 0.4) is 0 Å². The van der Waals surface area contributed by atoms with Gasteiger partial charge in [0.2, 0.25) is 6.19 Å². The van der Waals surface area contributed by atoms with E-state index in [4.69, 9.17) is 10.7 Å². The second kappa shape index (κ2) is 2.87. The van der Waals surface area contributed by atoms with E-state index in [9.17, 15) is 0 Å². The summed E-state index contributed by atoms with van der Waals surface area (Å²) in [6.07, 6.45) is 1.34. The molecule has 0 radical (unpaired) electrons. The smallest absolute Gasteiger partial charge is 0.216 e. The highest BCUT2D eigenvalue weighted by molar-refractivity contribution is 5.37. The number of hydrogen-bond donors (Lipinski definition) is 1. The summed E-state index contributed by atoms with van der Waals surface area (Å²) in [6.45, 7) is 0. The lowest BCUT2D eigenvalue weighted by Crippen LogP contribution is -1.37. The molecular formula is C2HN3. The highest BCUT2D eigenvalue weighted by atomic mass is 14.7. The van der Waals surface area contributed by atoms with E-state index in [1.54, 1.807) is 0 Å². The summed E-state index contributed by atoms with van der Waals surface area (Å²) in [5, 5.41) is 13.4. The number of nitrogens with one attached hydrogen (secondary N) is 1. The van der Waals surface area contributed by atoms with Crippen LogP contribution in [0.5, 0.6) is 0 Å². The quantitative estimate of drug-likeness (QED) is 0.319. The minimum absolute atomic E-state index is 1.34. The first-order valence-electron chi connectivity index (χ1n) is 0.921. The molecule has 0 aliphatic heterocycles. The summed E-state index contributed by atoms with van der Waals surface area (Å²) >= 11 is 0. The van der Waals surface area contributed by atoms with Crippen molar-refractivity contribution in [2.45, 2.75) is 0 Å². The lowest BCUT2D eigenvalue weighted by molar-refractivity contribution is 1.43. The van der Waals surface area contributed by atoms with E-state index >= 15 is 0 Å². The standard InChI is InChI=1S/C2HN3/c3-1-5-2-4/h3H. The second-order valence-electron chi connectivity index (χ2n) is 0.324. The summed E-state index contributed by atoms with van der Waals surface area (Å²) in [5.74, 6) is 0. The van der Waals surface area contributed by atoms with Gasteiger partial charge in [-0.3, -0.25) is 0 Å². The van der Waals surface area contributed by atoms with Crippen molar-refractivity contribution in [3.8, 4) is 6.19 Å². The Kier molecular flexibility index (Phi) is 2.22. The van der Waals surface area contributed by atoms with Crippen molar-refractivity contribution in [1.82, 2.24) is 0 Å². The highest BCUT2D eigenvalue weighted by Crippen LogP contribution is 1.42. The molecule has 24 valence electrons. The van der Waals surface area contributed by atoms with Crippen molar-refractivity contribution in [1.29, 1.82) is 10.7 Å². The fourth-order valence-corrected chi connectivity index (χ4v) is 0.0250. The van der Waals surface area contributed by atoms with Crippen molar-refractivity contribution >= 4 is 6.01 Å². The van der Waals surface area contributed by atoms with Gasteiger partial charge in [0.05, 0.1) is 0 Å². The van der Waals surface area contributed by atoms with Crippen LogP contribution in [0.2, 0.25) is 0 Å². The molecule has 0 aliphatic carbocycles. The number of nitrogens with zero attached hydrogens (tertiary/aromatic N) is 2. The normalized spacial score (nSPS) is 3.80. The molecular weight excluding hydrogens is 66.0 g/mol. The van der Waals surface area contributed by atoms with E-state index in [1.165, 1.54) is 12.2 Å². The van der Waals surface area contributed by atoms with Gasteiger partial charge in [0, 0.05) is 0 Å². The fraction of sp³-hybridized carbons (Fsp3) is 0. The Morgan fingerprint density at radius 2 is 2.40 bits per heavy atom. The summed E-state index contributed by atoms with van der Waals surface area (Å²) in [4.78, 5) is 2.69. The number of hydrogen-bond acceptors (Lipinski definition) is 3. The van der Waals surface area contributed by atoms with Crippen LogP contribution in [0.25, 0.3) is 0 Å². The van der Waals surface area contributed by atoms with Crippen molar-refractivity contribution in [3.05, 3.63) is 0 Å². The van der Waals surface area contributed by atoms with Gasteiger partial charge in [-0.15, -0.1) is 4.99 Å². The van der Waals surface area contributed by atoms with Crippen molar-refractivity contribution in [3.63, 3.8) is 0 Å². The van der Waals surface area contributed by atoms with E-state index in [0.29, 0.717) is 0 Å². The minimum Gasteiger partial charge on any atom is -0.241 e. The summed E-state index contributed by atoms with van der Waals surface area (Å²) in [7, 11) is 0. The van der Waals surface area contributed by atoms with Crippen LogP contribution in [-0.4, -0.2) is 6.01 Å². The molecule has 0 bridgehead atoms. The molecule has 0 aromatic heterocycles.